The van der Waals surface area contributed by atoms with E-state index in [1.165, 1.54) is 96.3 Å². The molecule has 0 spiro atoms. The number of hydrogen-bond donors (Lipinski definition) is 0. The molecule has 0 atom stereocenters. The van der Waals surface area contributed by atoms with Crippen LogP contribution in [0, 0.1) is 0 Å². The van der Waals surface area contributed by atoms with Crippen molar-refractivity contribution in [3.8, 4) is 0 Å². The Balaban J connectivity index is 2.14. The van der Waals surface area contributed by atoms with Crippen molar-refractivity contribution in [2.24, 2.45) is 0 Å². The van der Waals surface area contributed by atoms with Crippen LogP contribution in [0.4, 0.5) is 0 Å². The molecule has 3 aliphatic rings. The second-order valence-electron chi connectivity index (χ2n) is 11.8. The summed E-state index contributed by atoms with van der Waals surface area (Å²) in [4.78, 5) is 0. The Hall–Kier alpha value is 1.16. The smallest absolute Gasteiger partial charge is 0.268 e. The van der Waals surface area contributed by atoms with Crippen LogP contribution < -0.4 is 0 Å². The summed E-state index contributed by atoms with van der Waals surface area (Å²) in [6.07, 6.45) is 18.8. The van der Waals surface area contributed by atoms with Gasteiger partial charge in [0.15, 0.2) is 0 Å². The van der Waals surface area contributed by atoms with Crippen LogP contribution >= 0.6 is 43.4 Å². The molecule has 0 aromatic carbocycles. The van der Waals surface area contributed by atoms with E-state index in [0.29, 0.717) is 33.9 Å². The van der Waals surface area contributed by atoms with Crippen LogP contribution in [0.15, 0.2) is 0 Å². The molecule has 3 aliphatic carbocycles. The first-order chi connectivity index (χ1) is 16.7. The maximum absolute atomic E-state index is 16.3. The zero-order chi connectivity index (χ0) is 25.4. The van der Waals surface area contributed by atoms with E-state index in [2.05, 4.69) is 53.8 Å². The van der Waals surface area contributed by atoms with Gasteiger partial charge in [-0.3, -0.25) is 4.57 Å². The highest BCUT2D eigenvalue weighted by molar-refractivity contribution is 8.10. The van der Waals surface area contributed by atoms with Gasteiger partial charge in [0, 0.05) is 33.9 Å². The maximum atomic E-state index is 16.3. The molecule has 4 nitrogen and oxygen atoms in total. The first kappa shape index (κ1) is 30.7. The van der Waals surface area contributed by atoms with Crippen molar-refractivity contribution in [3.63, 3.8) is 0 Å². The van der Waals surface area contributed by atoms with E-state index >= 15 is 4.57 Å². The van der Waals surface area contributed by atoms with Gasteiger partial charge >= 0.3 is 7.59 Å². The van der Waals surface area contributed by atoms with E-state index in [9.17, 15) is 0 Å². The van der Waals surface area contributed by atoms with Crippen molar-refractivity contribution in [2.75, 3.05) is 0 Å². The molecule has 0 aromatic heterocycles. The minimum absolute atomic E-state index is 0.416. The van der Waals surface area contributed by atoms with Gasteiger partial charge in [0.05, 0.1) is 0 Å². The third-order valence-corrected chi connectivity index (χ3v) is 15.5. The lowest BCUT2D eigenvalue weighted by molar-refractivity contribution is 0.263. The van der Waals surface area contributed by atoms with Gasteiger partial charge in [-0.1, -0.05) is 135 Å². The molecule has 0 bridgehead atoms. The molecule has 3 fully saturated rings. The predicted molar refractivity (Wildman–Crippen MR) is 162 cm³/mol. The Morgan fingerprint density at radius 1 is 0.486 bits per heavy atom. The summed E-state index contributed by atoms with van der Waals surface area (Å²) in [5, 5.41) is 1.29. The topological polar surface area (TPSA) is 26.8 Å². The summed E-state index contributed by atoms with van der Waals surface area (Å²) in [5.74, 6) is 0. The predicted octanol–water partition coefficient (Wildman–Crippen LogP) is 10.2. The monoisotopic (exact) mass is 563 g/mol. The van der Waals surface area contributed by atoms with Gasteiger partial charge in [0.25, 0.3) is 0 Å². The highest BCUT2D eigenvalue weighted by Crippen LogP contribution is 2.70. The lowest BCUT2D eigenvalue weighted by atomic mass is 9.96. The van der Waals surface area contributed by atoms with Crippen LogP contribution in [0.1, 0.15) is 138 Å². The van der Waals surface area contributed by atoms with Gasteiger partial charge in [-0.25, -0.2) is 0 Å². The van der Waals surface area contributed by atoms with E-state index < -0.39 is 7.59 Å². The minimum atomic E-state index is -3.03. The van der Waals surface area contributed by atoms with Crippen molar-refractivity contribution in [1.82, 2.24) is 12.2 Å². The zero-order valence-electron chi connectivity index (χ0n) is 23.5. The standard InChI is InChI=1S/C27H54N3OPS3/c1-22(2)33-28(25-16-10-7-11-17-25)32(31,29(34-23(3)4)26-18-12-8-13-19-26)30(35-24(5)6)27-20-14-9-15-21-27/h22-27H,7-21H2,1-6H3. The maximum Gasteiger partial charge on any atom is 0.316 e. The van der Waals surface area contributed by atoms with Crippen LogP contribution in [0.5, 0.6) is 0 Å². The lowest BCUT2D eigenvalue weighted by Crippen LogP contribution is -2.46. The molecule has 0 amide bonds. The van der Waals surface area contributed by atoms with Gasteiger partial charge in [0.2, 0.25) is 0 Å². The third-order valence-electron chi connectivity index (χ3n) is 7.39. The van der Waals surface area contributed by atoms with Gasteiger partial charge in [-0.15, -0.1) is 0 Å². The molecule has 0 radical (unpaired) electrons. The van der Waals surface area contributed by atoms with Gasteiger partial charge < -0.3 is 0 Å². The number of hydrogen-bond acceptors (Lipinski definition) is 4. The fraction of sp³-hybridized carbons (Fsp3) is 1.00. The Kier molecular flexibility index (Phi) is 13.2. The molecule has 3 saturated carbocycles. The average molecular weight is 564 g/mol. The van der Waals surface area contributed by atoms with Crippen LogP contribution in [0.25, 0.3) is 0 Å². The molecule has 8 heteroatoms. The molecular weight excluding hydrogens is 509 g/mol. The van der Waals surface area contributed by atoms with Gasteiger partial charge in [-0.2, -0.15) is 12.2 Å². The molecule has 0 aliphatic heterocycles. The summed E-state index contributed by atoms with van der Waals surface area (Å²) < 4.78 is 23.9. The first-order valence-corrected chi connectivity index (χ1v) is 18.8. The molecule has 206 valence electrons. The van der Waals surface area contributed by atoms with Crippen LogP contribution in [-0.4, -0.2) is 46.1 Å². The Morgan fingerprint density at radius 3 is 0.914 bits per heavy atom. The molecule has 35 heavy (non-hydrogen) atoms. The second-order valence-corrected chi connectivity index (χ2v) is 19.5. The Bertz CT molecular complexity index is 562. The molecule has 0 unspecified atom stereocenters. The quantitative estimate of drug-likeness (QED) is 0.172. The zero-order valence-corrected chi connectivity index (χ0v) is 26.8. The Labute approximate surface area is 231 Å². The van der Waals surface area contributed by atoms with E-state index in [1.807, 2.05) is 35.8 Å². The summed E-state index contributed by atoms with van der Waals surface area (Å²) in [5.41, 5.74) is 0. The van der Waals surface area contributed by atoms with Crippen molar-refractivity contribution < 1.29 is 4.57 Å². The highest BCUT2D eigenvalue weighted by Gasteiger charge is 2.52. The number of rotatable bonds is 12. The van der Waals surface area contributed by atoms with Crippen LogP contribution in [0.3, 0.4) is 0 Å². The van der Waals surface area contributed by atoms with Crippen molar-refractivity contribution in [2.45, 2.75) is 172 Å². The fourth-order valence-corrected chi connectivity index (χ4v) is 15.8. The van der Waals surface area contributed by atoms with E-state index in [0.717, 1.165) is 0 Å². The van der Waals surface area contributed by atoms with Crippen molar-refractivity contribution in [3.05, 3.63) is 0 Å². The SMILES string of the molecule is CC(C)SN(C1CCCCC1)P(=O)(N(SC(C)C)C1CCCCC1)N(SC(C)C)C1CCCCC1. The molecule has 0 N–H and O–H groups in total. The third kappa shape index (κ3) is 8.57. The average Bonchev–Trinajstić information content (AvgIpc) is 2.85. The summed E-state index contributed by atoms with van der Waals surface area (Å²) >= 11 is 5.74. The molecule has 0 aromatic rings. The molecule has 3 rings (SSSR count). The highest BCUT2D eigenvalue weighted by atomic mass is 32.2. The van der Waals surface area contributed by atoms with Crippen LogP contribution in [0.2, 0.25) is 0 Å². The van der Waals surface area contributed by atoms with E-state index in [4.69, 9.17) is 0 Å². The van der Waals surface area contributed by atoms with E-state index in [1.54, 1.807) is 0 Å². The molecule has 0 saturated heterocycles. The molecule has 0 heterocycles. The Morgan fingerprint density at radius 2 is 0.714 bits per heavy atom. The molecular formula is C27H54N3OPS3. The largest absolute Gasteiger partial charge is 0.316 e. The fourth-order valence-electron chi connectivity index (χ4n) is 5.90. The van der Waals surface area contributed by atoms with Gasteiger partial charge in [0.1, 0.15) is 0 Å². The lowest BCUT2D eigenvalue weighted by Gasteiger charge is -2.52. The van der Waals surface area contributed by atoms with Gasteiger partial charge in [-0.05, 0) is 38.5 Å². The van der Waals surface area contributed by atoms with Crippen molar-refractivity contribution in [1.29, 1.82) is 0 Å². The second kappa shape index (κ2) is 15.1. The first-order valence-electron chi connectivity index (χ1n) is 14.7. The summed E-state index contributed by atoms with van der Waals surface area (Å²) in [6.45, 7) is 13.8. The summed E-state index contributed by atoms with van der Waals surface area (Å²) in [7, 11) is -3.03. The van der Waals surface area contributed by atoms with Crippen LogP contribution in [-0.2, 0) is 4.57 Å². The number of nitrogens with zero attached hydrogens (tertiary/aromatic N) is 3. The summed E-state index contributed by atoms with van der Waals surface area (Å²) in [6, 6.07) is 1.25. The van der Waals surface area contributed by atoms with E-state index in [-0.39, 0.29) is 0 Å². The minimum Gasteiger partial charge on any atom is -0.268 e. The normalized spacial score (nSPS) is 22.5. The van der Waals surface area contributed by atoms with Crippen molar-refractivity contribution >= 4 is 43.4 Å².